The summed E-state index contributed by atoms with van der Waals surface area (Å²) in [5.74, 6) is 1.48. The molecule has 2 aromatic heterocycles. The third kappa shape index (κ3) is 3.99. The van der Waals surface area contributed by atoms with E-state index in [-0.39, 0.29) is 23.7 Å². The SMILES string of the molecule is Cc1ccccc1C(=O)N1CCC(C(=O)N2CCCC(c3nc4ccncc4[nH]3)C2)CC1. The number of imidazole rings is 1. The second-order valence-corrected chi connectivity index (χ2v) is 9.02. The molecule has 2 saturated heterocycles. The molecule has 2 fully saturated rings. The predicted octanol–water partition coefficient (Wildman–Crippen LogP) is 3.52. The van der Waals surface area contributed by atoms with Crippen molar-refractivity contribution >= 4 is 22.8 Å². The second kappa shape index (κ2) is 8.73. The number of hydrogen-bond donors (Lipinski definition) is 1. The van der Waals surface area contributed by atoms with E-state index in [1.165, 1.54) is 0 Å². The van der Waals surface area contributed by atoms with Crippen LogP contribution in [-0.4, -0.2) is 62.7 Å². The third-order valence-electron chi connectivity index (χ3n) is 6.93. The van der Waals surface area contributed by atoms with E-state index in [0.29, 0.717) is 19.6 Å². The topological polar surface area (TPSA) is 82.2 Å². The van der Waals surface area contributed by atoms with E-state index in [2.05, 4.69) is 9.97 Å². The number of likely N-dealkylation sites (tertiary alicyclic amines) is 2. The molecule has 1 N–H and O–H groups in total. The van der Waals surface area contributed by atoms with Crippen LogP contribution in [0.3, 0.4) is 0 Å². The van der Waals surface area contributed by atoms with Gasteiger partial charge in [-0.1, -0.05) is 18.2 Å². The van der Waals surface area contributed by atoms with Gasteiger partial charge in [0.25, 0.3) is 5.91 Å². The van der Waals surface area contributed by atoms with Crippen LogP contribution in [0, 0.1) is 12.8 Å². The van der Waals surface area contributed by atoms with Crippen molar-refractivity contribution in [2.24, 2.45) is 5.92 Å². The van der Waals surface area contributed by atoms with Gasteiger partial charge in [0.2, 0.25) is 5.91 Å². The van der Waals surface area contributed by atoms with E-state index in [0.717, 1.165) is 60.2 Å². The molecule has 0 radical (unpaired) electrons. The summed E-state index contributed by atoms with van der Waals surface area (Å²) in [4.78, 5) is 42.4. The monoisotopic (exact) mass is 431 g/mol. The average molecular weight is 432 g/mol. The number of piperidine rings is 2. The van der Waals surface area contributed by atoms with Gasteiger partial charge in [0, 0.05) is 49.8 Å². The van der Waals surface area contributed by atoms with E-state index in [4.69, 9.17) is 4.98 Å². The Morgan fingerprint density at radius 3 is 2.62 bits per heavy atom. The number of aromatic amines is 1. The van der Waals surface area contributed by atoms with E-state index >= 15 is 0 Å². The van der Waals surface area contributed by atoms with Crippen molar-refractivity contribution in [3.05, 3.63) is 59.7 Å². The zero-order chi connectivity index (χ0) is 22.1. The summed E-state index contributed by atoms with van der Waals surface area (Å²) in [6.45, 7) is 4.75. The zero-order valence-corrected chi connectivity index (χ0v) is 18.5. The maximum absolute atomic E-state index is 13.3. The molecule has 0 bridgehead atoms. The minimum atomic E-state index is -0.00505. The van der Waals surface area contributed by atoms with Crippen LogP contribution in [0.25, 0.3) is 11.0 Å². The van der Waals surface area contributed by atoms with Gasteiger partial charge < -0.3 is 14.8 Å². The van der Waals surface area contributed by atoms with Gasteiger partial charge >= 0.3 is 0 Å². The number of amides is 2. The molecule has 7 nitrogen and oxygen atoms in total. The Labute approximate surface area is 187 Å². The number of fused-ring (bicyclic) bond motifs is 1. The highest BCUT2D eigenvalue weighted by Gasteiger charge is 2.33. The van der Waals surface area contributed by atoms with E-state index < -0.39 is 0 Å². The summed E-state index contributed by atoms with van der Waals surface area (Å²) in [6, 6.07) is 9.62. The molecule has 0 saturated carbocycles. The molecule has 7 heteroatoms. The van der Waals surface area contributed by atoms with Gasteiger partial charge in [-0.3, -0.25) is 14.6 Å². The molecule has 3 aromatic rings. The van der Waals surface area contributed by atoms with Gasteiger partial charge in [0.1, 0.15) is 5.82 Å². The quantitative estimate of drug-likeness (QED) is 0.688. The Balaban J connectivity index is 1.20. The van der Waals surface area contributed by atoms with E-state index in [1.54, 1.807) is 12.4 Å². The number of aryl methyl sites for hydroxylation is 1. The first-order chi connectivity index (χ1) is 15.6. The number of carbonyl (C=O) groups is 2. The summed E-state index contributed by atoms with van der Waals surface area (Å²) in [5, 5.41) is 0. The van der Waals surface area contributed by atoms with Crippen molar-refractivity contribution in [3.8, 4) is 0 Å². The molecular weight excluding hydrogens is 402 g/mol. The molecule has 0 spiro atoms. The Hall–Kier alpha value is -3.22. The minimum Gasteiger partial charge on any atom is -0.342 e. The molecule has 4 heterocycles. The van der Waals surface area contributed by atoms with Crippen molar-refractivity contribution in [2.45, 2.75) is 38.5 Å². The Kier molecular flexibility index (Phi) is 5.64. The fourth-order valence-electron chi connectivity index (χ4n) is 5.04. The van der Waals surface area contributed by atoms with Gasteiger partial charge in [-0.25, -0.2) is 4.98 Å². The van der Waals surface area contributed by atoms with E-state index in [9.17, 15) is 9.59 Å². The number of H-pyrrole nitrogens is 1. The molecule has 1 atom stereocenters. The summed E-state index contributed by atoms with van der Waals surface area (Å²) in [6.07, 6.45) is 7.02. The van der Waals surface area contributed by atoms with Crippen molar-refractivity contribution in [1.29, 1.82) is 0 Å². The van der Waals surface area contributed by atoms with Gasteiger partial charge in [-0.2, -0.15) is 0 Å². The summed E-state index contributed by atoms with van der Waals surface area (Å²) in [7, 11) is 0. The van der Waals surface area contributed by atoms with Gasteiger partial charge in [0.15, 0.2) is 0 Å². The number of nitrogens with zero attached hydrogens (tertiary/aromatic N) is 4. The number of rotatable bonds is 3. The lowest BCUT2D eigenvalue weighted by molar-refractivity contribution is -0.138. The number of aromatic nitrogens is 3. The Bertz CT molecular complexity index is 1100. The summed E-state index contributed by atoms with van der Waals surface area (Å²) >= 11 is 0. The molecule has 2 aliphatic heterocycles. The molecule has 0 aliphatic carbocycles. The zero-order valence-electron chi connectivity index (χ0n) is 18.5. The third-order valence-corrected chi connectivity index (χ3v) is 6.93. The number of pyridine rings is 1. The lowest BCUT2D eigenvalue weighted by atomic mass is 9.91. The molecule has 32 heavy (non-hydrogen) atoms. The maximum atomic E-state index is 13.3. The normalized spacial score (nSPS) is 20.0. The van der Waals surface area contributed by atoms with E-state index in [1.807, 2.05) is 47.1 Å². The van der Waals surface area contributed by atoms with Crippen LogP contribution in [0.1, 0.15) is 53.3 Å². The van der Waals surface area contributed by atoms with Crippen LogP contribution in [0.15, 0.2) is 42.7 Å². The van der Waals surface area contributed by atoms with Crippen LogP contribution in [0.2, 0.25) is 0 Å². The number of hydrogen-bond acceptors (Lipinski definition) is 4. The summed E-state index contributed by atoms with van der Waals surface area (Å²) in [5.41, 5.74) is 3.62. The fraction of sp³-hybridized carbons (Fsp3) is 0.440. The fourth-order valence-corrected chi connectivity index (χ4v) is 5.04. The molecule has 1 unspecified atom stereocenters. The highest BCUT2D eigenvalue weighted by atomic mass is 16.2. The minimum absolute atomic E-state index is 0.00505. The first-order valence-corrected chi connectivity index (χ1v) is 11.5. The molecular formula is C25H29N5O2. The highest BCUT2D eigenvalue weighted by Crippen LogP contribution is 2.29. The second-order valence-electron chi connectivity index (χ2n) is 9.02. The largest absolute Gasteiger partial charge is 0.342 e. The standard InChI is InChI=1S/C25H29N5O2/c1-17-5-2-3-7-20(17)25(32)29-13-9-18(10-14-29)24(31)30-12-4-6-19(16-30)23-27-21-8-11-26-15-22(21)28-23/h2-3,5,7-8,11,15,18-19H,4,6,9-10,12-14,16H2,1H3,(H,27,28). The number of nitrogens with one attached hydrogen (secondary N) is 1. The molecule has 1 aromatic carbocycles. The first kappa shape index (κ1) is 20.7. The number of carbonyl (C=O) groups excluding carboxylic acids is 2. The average Bonchev–Trinajstić information content (AvgIpc) is 3.28. The highest BCUT2D eigenvalue weighted by molar-refractivity contribution is 5.95. The Morgan fingerprint density at radius 1 is 1.03 bits per heavy atom. The van der Waals surface area contributed by atoms with Gasteiger partial charge in [-0.15, -0.1) is 0 Å². The van der Waals surface area contributed by atoms with Crippen LogP contribution < -0.4 is 0 Å². The first-order valence-electron chi connectivity index (χ1n) is 11.5. The van der Waals surface area contributed by atoms with Crippen LogP contribution >= 0.6 is 0 Å². The molecule has 5 rings (SSSR count). The molecule has 2 amide bonds. The molecule has 2 aliphatic rings. The van der Waals surface area contributed by atoms with Crippen LogP contribution in [0.5, 0.6) is 0 Å². The predicted molar refractivity (Wildman–Crippen MR) is 122 cm³/mol. The van der Waals surface area contributed by atoms with Crippen molar-refractivity contribution in [1.82, 2.24) is 24.8 Å². The van der Waals surface area contributed by atoms with Crippen LogP contribution in [-0.2, 0) is 4.79 Å². The lowest BCUT2D eigenvalue weighted by Gasteiger charge is -2.37. The maximum Gasteiger partial charge on any atom is 0.254 e. The van der Waals surface area contributed by atoms with Crippen LogP contribution in [0.4, 0.5) is 0 Å². The Morgan fingerprint density at radius 2 is 1.84 bits per heavy atom. The summed E-state index contributed by atoms with van der Waals surface area (Å²) < 4.78 is 0. The smallest absolute Gasteiger partial charge is 0.254 e. The number of benzene rings is 1. The van der Waals surface area contributed by atoms with Crippen molar-refractivity contribution in [3.63, 3.8) is 0 Å². The van der Waals surface area contributed by atoms with Gasteiger partial charge in [0.05, 0.1) is 17.2 Å². The van der Waals surface area contributed by atoms with Crippen molar-refractivity contribution < 1.29 is 9.59 Å². The molecule has 166 valence electrons. The van der Waals surface area contributed by atoms with Crippen molar-refractivity contribution in [2.75, 3.05) is 26.2 Å². The lowest BCUT2D eigenvalue weighted by Crippen LogP contribution is -2.47. The van der Waals surface area contributed by atoms with Gasteiger partial charge in [-0.05, 0) is 50.3 Å².